The number of benzene rings is 1. The first kappa shape index (κ1) is 23.3. The summed E-state index contributed by atoms with van der Waals surface area (Å²) in [6.45, 7) is 1.29. The van der Waals surface area contributed by atoms with Gasteiger partial charge >= 0.3 is 0 Å². The van der Waals surface area contributed by atoms with Gasteiger partial charge in [-0.1, -0.05) is 48.3 Å². The smallest absolute Gasteiger partial charge is 0.257 e. The minimum atomic E-state index is -0.316. The summed E-state index contributed by atoms with van der Waals surface area (Å²) in [7, 11) is 1.80. The summed E-state index contributed by atoms with van der Waals surface area (Å²) in [6.07, 6.45) is 9.07. The highest BCUT2D eigenvalue weighted by Crippen LogP contribution is 2.41. The molecule has 2 amide bonds. The van der Waals surface area contributed by atoms with Gasteiger partial charge in [0, 0.05) is 44.7 Å². The van der Waals surface area contributed by atoms with Crippen LogP contribution in [0.15, 0.2) is 47.2 Å². The minimum Gasteiger partial charge on any atom is -0.356 e. The first-order valence-corrected chi connectivity index (χ1v) is 12.5. The second-order valence-corrected chi connectivity index (χ2v) is 9.66. The number of hydrogen-bond acceptors (Lipinski definition) is 6. The molecule has 9 heteroatoms. The van der Waals surface area contributed by atoms with Gasteiger partial charge in [-0.15, -0.1) is 0 Å². The van der Waals surface area contributed by atoms with Crippen molar-refractivity contribution in [2.45, 2.75) is 56.9 Å². The van der Waals surface area contributed by atoms with E-state index in [1.807, 2.05) is 35.2 Å². The number of nitrogens with zero attached hydrogens (tertiary/aromatic N) is 5. The van der Waals surface area contributed by atoms with E-state index in [-0.39, 0.29) is 29.7 Å². The van der Waals surface area contributed by atoms with E-state index in [1.165, 1.54) is 0 Å². The molecule has 1 saturated carbocycles. The fourth-order valence-electron chi connectivity index (χ4n) is 5.35. The Labute approximate surface area is 204 Å². The number of nitrogens with one attached hydrogen (secondary N) is 1. The lowest BCUT2D eigenvalue weighted by Crippen LogP contribution is -2.47. The highest BCUT2D eigenvalue weighted by atomic mass is 16.5. The van der Waals surface area contributed by atoms with Crippen LogP contribution in [0.3, 0.4) is 0 Å². The lowest BCUT2D eigenvalue weighted by atomic mass is 9.99. The van der Waals surface area contributed by atoms with Crippen LogP contribution in [0.5, 0.6) is 0 Å². The fourth-order valence-corrected chi connectivity index (χ4v) is 5.35. The van der Waals surface area contributed by atoms with Gasteiger partial charge < -0.3 is 14.7 Å². The third-order valence-corrected chi connectivity index (χ3v) is 7.14. The number of amides is 2. The molecule has 1 aliphatic heterocycles. The van der Waals surface area contributed by atoms with Crippen molar-refractivity contribution in [1.29, 1.82) is 0 Å². The molecule has 2 fully saturated rings. The molecule has 2 aromatic heterocycles. The Morgan fingerprint density at radius 3 is 2.77 bits per heavy atom. The summed E-state index contributed by atoms with van der Waals surface area (Å²) in [5.41, 5.74) is 1.66. The zero-order valence-electron chi connectivity index (χ0n) is 20.1. The summed E-state index contributed by atoms with van der Waals surface area (Å²) in [4.78, 5) is 33.3. The van der Waals surface area contributed by atoms with Gasteiger partial charge in [0.15, 0.2) is 5.82 Å². The second kappa shape index (κ2) is 10.4. The van der Waals surface area contributed by atoms with E-state index in [4.69, 9.17) is 4.52 Å². The predicted molar refractivity (Wildman–Crippen MR) is 129 cm³/mol. The summed E-state index contributed by atoms with van der Waals surface area (Å²) in [5.74, 6) is 0.733. The number of hydrogen-bond donors (Lipinski definition) is 1. The molecule has 1 N–H and O–H groups in total. The van der Waals surface area contributed by atoms with Crippen molar-refractivity contribution in [3.8, 4) is 0 Å². The lowest BCUT2D eigenvalue weighted by molar-refractivity contribution is -0.126. The van der Waals surface area contributed by atoms with Crippen molar-refractivity contribution in [3.05, 3.63) is 65.6 Å². The number of fused-ring (bicyclic) bond motifs is 1. The van der Waals surface area contributed by atoms with Crippen molar-refractivity contribution < 1.29 is 14.1 Å². The number of rotatable bonds is 4. The molecule has 3 heterocycles. The third-order valence-electron chi connectivity index (χ3n) is 7.14. The minimum absolute atomic E-state index is 0.00686. The normalized spacial score (nSPS) is 23.4. The van der Waals surface area contributed by atoms with Crippen LogP contribution in [-0.4, -0.2) is 55.8 Å². The van der Waals surface area contributed by atoms with Crippen LogP contribution in [0, 0.1) is 5.92 Å². The molecular formula is C26H32N6O3. The van der Waals surface area contributed by atoms with Gasteiger partial charge in [0.1, 0.15) is 0 Å². The molecule has 5 rings (SSSR count). The Kier molecular flexibility index (Phi) is 6.92. The molecule has 0 unspecified atom stereocenters. The average Bonchev–Trinajstić information content (AvgIpc) is 3.60. The van der Waals surface area contributed by atoms with Crippen molar-refractivity contribution in [1.82, 2.24) is 30.1 Å². The number of aryl methyl sites for hydroxylation is 1. The quantitative estimate of drug-likeness (QED) is 0.620. The first-order chi connectivity index (χ1) is 17.1. The van der Waals surface area contributed by atoms with Crippen LogP contribution in [-0.2, 0) is 18.3 Å². The van der Waals surface area contributed by atoms with Gasteiger partial charge in [0.25, 0.3) is 5.91 Å². The summed E-state index contributed by atoms with van der Waals surface area (Å²) >= 11 is 0. The van der Waals surface area contributed by atoms with Crippen molar-refractivity contribution in [2.24, 2.45) is 13.0 Å². The molecule has 1 aromatic carbocycles. The summed E-state index contributed by atoms with van der Waals surface area (Å²) < 4.78 is 7.30. The fraction of sp³-hybridized carbons (Fsp3) is 0.500. The van der Waals surface area contributed by atoms with Crippen LogP contribution in [0.25, 0.3) is 0 Å². The van der Waals surface area contributed by atoms with Gasteiger partial charge in [0.05, 0.1) is 17.7 Å². The maximum absolute atomic E-state index is 13.6. The Balaban J connectivity index is 1.39. The Bertz CT molecular complexity index is 1160. The highest BCUT2D eigenvalue weighted by Gasteiger charge is 2.45. The molecule has 3 aromatic rings. The van der Waals surface area contributed by atoms with E-state index in [1.54, 1.807) is 24.1 Å². The van der Waals surface area contributed by atoms with Crippen LogP contribution < -0.4 is 5.32 Å². The van der Waals surface area contributed by atoms with Crippen molar-refractivity contribution in [2.75, 3.05) is 13.1 Å². The van der Waals surface area contributed by atoms with E-state index < -0.39 is 0 Å². The maximum atomic E-state index is 13.6. The standard InChI is InChI=1S/C26H32N6O3/c1-31-17-20(16-28-31)26(34)32-12-8-3-2-7-11-27-24(33)21-14-19(15-22(21)32)25-29-23(30-35-25)13-18-9-5-4-6-10-18/h4-6,9-10,16-17,19,21-22H,2-3,7-8,11-15H2,1H3,(H,27,33)/t19-,21-,22+/m1/s1. The largest absolute Gasteiger partial charge is 0.356 e. The molecule has 2 aliphatic rings. The molecule has 0 bridgehead atoms. The number of carbonyl (C=O) groups excluding carboxylic acids is 2. The van der Waals surface area contributed by atoms with Gasteiger partial charge in [-0.05, 0) is 31.2 Å². The SMILES string of the molecule is Cn1cc(C(=O)N2CCCCCCNC(=O)[C@@H]3C[C@@H](c4nc(Cc5ccccc5)no4)C[C@@H]32)cn1. The molecule has 0 spiro atoms. The zero-order chi connectivity index (χ0) is 24.2. The van der Waals surface area contributed by atoms with Gasteiger partial charge in [0.2, 0.25) is 11.8 Å². The molecule has 9 nitrogen and oxygen atoms in total. The van der Waals surface area contributed by atoms with E-state index in [2.05, 4.69) is 20.6 Å². The molecule has 184 valence electrons. The number of aromatic nitrogens is 4. The van der Waals surface area contributed by atoms with Crippen molar-refractivity contribution >= 4 is 11.8 Å². The maximum Gasteiger partial charge on any atom is 0.257 e. The van der Waals surface area contributed by atoms with Crippen LogP contribution in [0.4, 0.5) is 0 Å². The molecular weight excluding hydrogens is 444 g/mol. The Hall–Kier alpha value is -3.49. The van der Waals surface area contributed by atoms with E-state index in [9.17, 15) is 9.59 Å². The van der Waals surface area contributed by atoms with E-state index in [0.29, 0.717) is 49.6 Å². The molecule has 0 radical (unpaired) electrons. The van der Waals surface area contributed by atoms with Gasteiger partial charge in [-0.3, -0.25) is 14.3 Å². The van der Waals surface area contributed by atoms with Crippen LogP contribution >= 0.6 is 0 Å². The summed E-state index contributed by atoms with van der Waals surface area (Å²) in [6, 6.07) is 9.80. The van der Waals surface area contributed by atoms with Crippen molar-refractivity contribution in [3.63, 3.8) is 0 Å². The second-order valence-electron chi connectivity index (χ2n) is 9.66. The zero-order valence-corrected chi connectivity index (χ0v) is 20.1. The summed E-state index contributed by atoms with van der Waals surface area (Å²) in [5, 5.41) is 11.5. The molecule has 35 heavy (non-hydrogen) atoms. The van der Waals surface area contributed by atoms with Gasteiger partial charge in [-0.25, -0.2) is 0 Å². The number of carbonyl (C=O) groups is 2. The van der Waals surface area contributed by atoms with Gasteiger partial charge in [-0.2, -0.15) is 10.1 Å². The molecule has 1 aliphatic carbocycles. The van der Waals surface area contributed by atoms with Crippen LogP contribution in [0.1, 0.15) is 72.1 Å². The Morgan fingerprint density at radius 2 is 1.97 bits per heavy atom. The highest BCUT2D eigenvalue weighted by molar-refractivity contribution is 5.94. The Morgan fingerprint density at radius 1 is 1.14 bits per heavy atom. The van der Waals surface area contributed by atoms with E-state index >= 15 is 0 Å². The van der Waals surface area contributed by atoms with E-state index in [0.717, 1.165) is 31.2 Å². The average molecular weight is 477 g/mol. The predicted octanol–water partition coefficient (Wildman–Crippen LogP) is 3.09. The molecule has 1 saturated heterocycles. The monoisotopic (exact) mass is 476 g/mol. The lowest BCUT2D eigenvalue weighted by Gasteiger charge is -2.32. The first-order valence-electron chi connectivity index (χ1n) is 12.5. The third kappa shape index (κ3) is 5.28. The topological polar surface area (TPSA) is 106 Å². The molecule has 3 atom stereocenters. The van der Waals surface area contributed by atoms with Crippen LogP contribution in [0.2, 0.25) is 0 Å².